The molecule has 1 aliphatic rings. The van der Waals surface area contributed by atoms with Gasteiger partial charge in [-0.15, -0.1) is 0 Å². The van der Waals surface area contributed by atoms with Crippen molar-refractivity contribution in [2.75, 3.05) is 19.6 Å². The molecular formula is C17H30N4O2. The second kappa shape index (κ2) is 7.81. The first kappa shape index (κ1) is 17.8. The molecule has 1 aromatic rings. The van der Waals surface area contributed by atoms with Crippen molar-refractivity contribution in [3.8, 4) is 0 Å². The fourth-order valence-corrected chi connectivity index (χ4v) is 2.64. The third-order valence-electron chi connectivity index (χ3n) is 3.95. The number of amides is 1. The zero-order chi connectivity index (χ0) is 16.9. The van der Waals surface area contributed by atoms with Gasteiger partial charge in [0.2, 0.25) is 0 Å². The third kappa shape index (κ3) is 6.22. The van der Waals surface area contributed by atoms with Crippen LogP contribution in [0.15, 0.2) is 12.5 Å². The Morgan fingerprint density at radius 1 is 1.48 bits per heavy atom. The van der Waals surface area contributed by atoms with Crippen LogP contribution in [0, 0.1) is 0 Å². The lowest BCUT2D eigenvalue weighted by molar-refractivity contribution is 0.0528. The molecular weight excluding hydrogens is 292 g/mol. The van der Waals surface area contributed by atoms with Crippen molar-refractivity contribution in [3.05, 3.63) is 18.2 Å². The van der Waals surface area contributed by atoms with Gasteiger partial charge in [-0.1, -0.05) is 6.92 Å². The van der Waals surface area contributed by atoms with Crippen LogP contribution < -0.4 is 5.32 Å². The number of hydrogen-bond acceptors (Lipinski definition) is 4. The fourth-order valence-electron chi connectivity index (χ4n) is 2.64. The van der Waals surface area contributed by atoms with Crippen LogP contribution in [-0.4, -0.2) is 51.8 Å². The van der Waals surface area contributed by atoms with E-state index in [1.807, 2.05) is 33.3 Å². The van der Waals surface area contributed by atoms with Gasteiger partial charge in [-0.05, 0) is 40.2 Å². The smallest absolute Gasteiger partial charge is 0.407 e. The Hall–Kier alpha value is -1.56. The van der Waals surface area contributed by atoms with Crippen molar-refractivity contribution in [1.29, 1.82) is 0 Å². The van der Waals surface area contributed by atoms with E-state index in [0.717, 1.165) is 37.8 Å². The van der Waals surface area contributed by atoms with E-state index < -0.39 is 5.60 Å². The normalized spacial score (nSPS) is 15.0. The molecule has 1 aliphatic carbocycles. The Morgan fingerprint density at radius 2 is 2.22 bits per heavy atom. The first-order chi connectivity index (χ1) is 10.9. The third-order valence-corrected chi connectivity index (χ3v) is 3.95. The molecule has 1 saturated carbocycles. The first-order valence-electron chi connectivity index (χ1n) is 8.59. The monoisotopic (exact) mass is 322 g/mol. The molecule has 0 radical (unpaired) electrons. The molecule has 130 valence electrons. The first-order valence-corrected chi connectivity index (χ1v) is 8.59. The molecule has 0 bridgehead atoms. The summed E-state index contributed by atoms with van der Waals surface area (Å²) in [6.45, 7) is 11.5. The number of likely N-dealkylation sites (N-methyl/N-ethyl adjacent to an activating group) is 1. The van der Waals surface area contributed by atoms with Crippen molar-refractivity contribution in [3.63, 3.8) is 0 Å². The van der Waals surface area contributed by atoms with Crippen LogP contribution in [0.2, 0.25) is 0 Å². The zero-order valence-corrected chi connectivity index (χ0v) is 14.8. The van der Waals surface area contributed by atoms with E-state index in [1.165, 1.54) is 12.8 Å². The summed E-state index contributed by atoms with van der Waals surface area (Å²) in [5, 5.41) is 2.80. The topological polar surface area (TPSA) is 59.4 Å². The number of ether oxygens (including phenoxy) is 1. The molecule has 0 aliphatic heterocycles. The second-order valence-electron chi connectivity index (χ2n) is 7.12. The Balaban J connectivity index is 1.74. The summed E-state index contributed by atoms with van der Waals surface area (Å²) in [4.78, 5) is 18.4. The number of nitrogens with one attached hydrogen (secondary N) is 1. The Labute approximate surface area is 139 Å². The van der Waals surface area contributed by atoms with Gasteiger partial charge in [-0.2, -0.15) is 0 Å². The SMILES string of the molecule is CCN(CCn1cncc1CCNC(=O)OC(C)(C)C)C1CC1. The van der Waals surface area contributed by atoms with Crippen molar-refractivity contribution in [1.82, 2.24) is 19.8 Å². The largest absolute Gasteiger partial charge is 0.444 e. The van der Waals surface area contributed by atoms with Gasteiger partial charge >= 0.3 is 6.09 Å². The molecule has 1 N–H and O–H groups in total. The second-order valence-corrected chi connectivity index (χ2v) is 7.12. The van der Waals surface area contributed by atoms with Gasteiger partial charge in [0, 0.05) is 44.0 Å². The maximum atomic E-state index is 11.6. The standard InChI is InChI=1S/C17H30N4O2/c1-5-20(14-6-7-14)10-11-21-13-18-12-15(21)8-9-19-16(22)23-17(2,3)4/h12-14H,5-11H2,1-4H3,(H,19,22). The number of aromatic nitrogens is 2. The molecule has 0 atom stereocenters. The highest BCUT2D eigenvalue weighted by molar-refractivity contribution is 5.67. The van der Waals surface area contributed by atoms with Gasteiger partial charge in [0.1, 0.15) is 5.60 Å². The minimum Gasteiger partial charge on any atom is -0.444 e. The van der Waals surface area contributed by atoms with Gasteiger partial charge in [0.05, 0.1) is 6.33 Å². The summed E-state index contributed by atoms with van der Waals surface area (Å²) < 4.78 is 7.42. The predicted molar refractivity (Wildman–Crippen MR) is 90.4 cm³/mol. The van der Waals surface area contributed by atoms with E-state index in [-0.39, 0.29) is 6.09 Å². The number of nitrogens with zero attached hydrogens (tertiary/aromatic N) is 3. The number of carbonyl (C=O) groups is 1. The maximum Gasteiger partial charge on any atom is 0.407 e. The highest BCUT2D eigenvalue weighted by Gasteiger charge is 2.27. The van der Waals surface area contributed by atoms with Gasteiger partial charge < -0.3 is 14.6 Å². The van der Waals surface area contributed by atoms with E-state index in [0.29, 0.717) is 6.54 Å². The van der Waals surface area contributed by atoms with E-state index >= 15 is 0 Å². The number of hydrogen-bond donors (Lipinski definition) is 1. The molecule has 0 unspecified atom stereocenters. The van der Waals surface area contributed by atoms with Crippen LogP contribution in [0.4, 0.5) is 4.79 Å². The number of carbonyl (C=O) groups excluding carboxylic acids is 1. The number of rotatable bonds is 8. The zero-order valence-electron chi connectivity index (χ0n) is 14.8. The molecule has 23 heavy (non-hydrogen) atoms. The summed E-state index contributed by atoms with van der Waals surface area (Å²) in [5.41, 5.74) is 0.686. The fraction of sp³-hybridized carbons (Fsp3) is 0.765. The van der Waals surface area contributed by atoms with E-state index in [4.69, 9.17) is 4.74 Å². The van der Waals surface area contributed by atoms with Crippen LogP contribution in [-0.2, 0) is 17.7 Å². The lowest BCUT2D eigenvalue weighted by atomic mass is 10.2. The van der Waals surface area contributed by atoms with E-state index in [9.17, 15) is 4.79 Å². The molecule has 1 heterocycles. The molecule has 0 aromatic carbocycles. The highest BCUT2D eigenvalue weighted by Crippen LogP contribution is 2.26. The van der Waals surface area contributed by atoms with Crippen molar-refractivity contribution in [2.24, 2.45) is 0 Å². The van der Waals surface area contributed by atoms with Gasteiger partial charge in [-0.3, -0.25) is 4.90 Å². The van der Waals surface area contributed by atoms with Crippen molar-refractivity contribution < 1.29 is 9.53 Å². The molecule has 0 saturated heterocycles. The van der Waals surface area contributed by atoms with E-state index in [2.05, 4.69) is 26.7 Å². The Kier molecular flexibility index (Phi) is 6.04. The average molecular weight is 322 g/mol. The van der Waals surface area contributed by atoms with E-state index in [1.54, 1.807) is 0 Å². The average Bonchev–Trinajstić information content (AvgIpc) is 3.19. The number of imidazole rings is 1. The van der Waals surface area contributed by atoms with Crippen LogP contribution in [0.5, 0.6) is 0 Å². The molecule has 1 amide bonds. The molecule has 6 heteroatoms. The summed E-state index contributed by atoms with van der Waals surface area (Å²) in [6, 6.07) is 0.792. The molecule has 1 aromatic heterocycles. The predicted octanol–water partition coefficient (Wildman–Crippen LogP) is 2.43. The molecule has 6 nitrogen and oxygen atoms in total. The lowest BCUT2D eigenvalue weighted by Crippen LogP contribution is -2.34. The maximum absolute atomic E-state index is 11.6. The van der Waals surface area contributed by atoms with Crippen LogP contribution in [0.3, 0.4) is 0 Å². The minimum atomic E-state index is -0.460. The summed E-state index contributed by atoms with van der Waals surface area (Å²) >= 11 is 0. The Morgan fingerprint density at radius 3 is 2.83 bits per heavy atom. The van der Waals surface area contributed by atoms with Gasteiger partial charge in [0.15, 0.2) is 0 Å². The summed E-state index contributed by atoms with van der Waals surface area (Å²) in [7, 11) is 0. The molecule has 2 rings (SSSR count). The van der Waals surface area contributed by atoms with Crippen LogP contribution in [0.25, 0.3) is 0 Å². The molecule has 0 spiro atoms. The van der Waals surface area contributed by atoms with Gasteiger partial charge in [0.25, 0.3) is 0 Å². The van der Waals surface area contributed by atoms with Crippen molar-refractivity contribution in [2.45, 2.75) is 65.1 Å². The summed E-state index contributed by atoms with van der Waals surface area (Å²) in [5.74, 6) is 0. The molecule has 1 fully saturated rings. The Bertz CT molecular complexity index is 503. The van der Waals surface area contributed by atoms with Gasteiger partial charge in [-0.25, -0.2) is 9.78 Å². The quantitative estimate of drug-likeness (QED) is 0.798. The van der Waals surface area contributed by atoms with Crippen LogP contribution >= 0.6 is 0 Å². The van der Waals surface area contributed by atoms with Crippen LogP contribution in [0.1, 0.15) is 46.2 Å². The number of alkyl carbamates (subject to hydrolysis) is 1. The van der Waals surface area contributed by atoms with Crippen molar-refractivity contribution >= 4 is 6.09 Å². The summed E-state index contributed by atoms with van der Waals surface area (Å²) in [6.07, 6.45) is 6.83. The lowest BCUT2D eigenvalue weighted by Gasteiger charge is -2.21. The highest BCUT2D eigenvalue weighted by atomic mass is 16.6. The minimum absolute atomic E-state index is 0.366.